The molecule has 0 unspecified atom stereocenters. The first-order chi connectivity index (χ1) is 11.1. The molecule has 1 N–H and O–H groups in total. The maximum Gasteiger partial charge on any atom is 0.272 e. The van der Waals surface area contributed by atoms with Crippen LogP contribution in [0.2, 0.25) is 0 Å². The van der Waals surface area contributed by atoms with Crippen LogP contribution in [0.4, 0.5) is 0 Å². The average molecular weight is 313 g/mol. The van der Waals surface area contributed by atoms with Gasteiger partial charge in [0.05, 0.1) is 12.5 Å². The Hall–Kier alpha value is -2.63. The molecule has 0 bridgehead atoms. The van der Waals surface area contributed by atoms with Gasteiger partial charge in [0.15, 0.2) is 0 Å². The fourth-order valence-corrected chi connectivity index (χ4v) is 2.70. The fraction of sp³-hybridized carbons (Fsp3) is 0.353. The zero-order valence-corrected chi connectivity index (χ0v) is 13.2. The van der Waals surface area contributed by atoms with E-state index in [-0.39, 0.29) is 17.7 Å². The number of amides is 2. The Labute approximate surface area is 134 Å². The van der Waals surface area contributed by atoms with Gasteiger partial charge in [-0.1, -0.05) is 18.2 Å². The molecule has 0 aliphatic carbocycles. The summed E-state index contributed by atoms with van der Waals surface area (Å²) in [4.78, 5) is 30.1. The molecule has 120 valence electrons. The van der Waals surface area contributed by atoms with Gasteiger partial charge in [-0.05, 0) is 24.4 Å². The second-order valence-electron chi connectivity index (χ2n) is 5.49. The highest BCUT2D eigenvalue weighted by molar-refractivity contribution is 5.99. The van der Waals surface area contributed by atoms with Crippen molar-refractivity contribution in [1.29, 1.82) is 0 Å². The van der Waals surface area contributed by atoms with Crippen molar-refractivity contribution in [3.8, 4) is 5.88 Å². The monoisotopic (exact) mass is 313 g/mol. The molecule has 0 spiro atoms. The molecule has 1 aliphatic heterocycles. The number of rotatable bonds is 4. The zero-order valence-electron chi connectivity index (χ0n) is 13.2. The predicted molar refractivity (Wildman–Crippen MR) is 86.4 cm³/mol. The smallest absolute Gasteiger partial charge is 0.272 e. The summed E-state index contributed by atoms with van der Waals surface area (Å²) in [5.74, 6) is 0.139. The van der Waals surface area contributed by atoms with Crippen molar-refractivity contribution < 1.29 is 14.3 Å². The van der Waals surface area contributed by atoms with E-state index in [9.17, 15) is 9.59 Å². The Kier molecular flexibility index (Phi) is 4.14. The van der Waals surface area contributed by atoms with Crippen molar-refractivity contribution in [2.45, 2.75) is 6.92 Å². The average Bonchev–Trinajstić information content (AvgIpc) is 2.53. The third-order valence-electron chi connectivity index (χ3n) is 3.99. The Morgan fingerprint density at radius 2 is 2.09 bits per heavy atom. The van der Waals surface area contributed by atoms with Crippen molar-refractivity contribution in [2.75, 3.05) is 26.7 Å². The lowest BCUT2D eigenvalue weighted by Crippen LogP contribution is -2.55. The number of likely N-dealkylation sites (tertiary alicyclic amines) is 1. The van der Waals surface area contributed by atoms with Crippen LogP contribution in [0, 0.1) is 5.92 Å². The van der Waals surface area contributed by atoms with Crippen molar-refractivity contribution in [2.24, 2.45) is 5.92 Å². The number of pyridine rings is 1. The molecule has 0 saturated carbocycles. The number of carbonyl (C=O) groups is 2. The topological polar surface area (TPSA) is 71.5 Å². The number of aromatic nitrogens is 1. The standard InChI is InChI=1S/C17H19N3O3/c1-3-23-16-13-7-5-4-6-11(13)8-14(19-16)17(22)20-9-12(10-20)15(21)18-2/h4-8,12H,3,9-10H2,1-2H3,(H,18,21). The lowest BCUT2D eigenvalue weighted by Gasteiger charge is -2.37. The summed E-state index contributed by atoms with van der Waals surface area (Å²) in [6.45, 7) is 3.22. The van der Waals surface area contributed by atoms with Gasteiger partial charge in [-0.2, -0.15) is 0 Å². The van der Waals surface area contributed by atoms with Crippen LogP contribution in [0.5, 0.6) is 5.88 Å². The molecule has 2 aromatic rings. The second kappa shape index (κ2) is 6.24. The third-order valence-corrected chi connectivity index (χ3v) is 3.99. The maximum atomic E-state index is 12.6. The van der Waals surface area contributed by atoms with Gasteiger partial charge in [0, 0.05) is 25.5 Å². The van der Waals surface area contributed by atoms with Crippen LogP contribution in [0.25, 0.3) is 10.8 Å². The van der Waals surface area contributed by atoms with Gasteiger partial charge < -0.3 is 15.0 Å². The van der Waals surface area contributed by atoms with Crippen LogP contribution < -0.4 is 10.1 Å². The van der Waals surface area contributed by atoms with Gasteiger partial charge in [-0.3, -0.25) is 9.59 Å². The lowest BCUT2D eigenvalue weighted by molar-refractivity contribution is -0.128. The maximum absolute atomic E-state index is 12.6. The Morgan fingerprint density at radius 1 is 1.35 bits per heavy atom. The molecular formula is C17H19N3O3. The molecule has 1 aromatic heterocycles. The number of hydrogen-bond acceptors (Lipinski definition) is 4. The van der Waals surface area contributed by atoms with Crippen LogP contribution in [-0.2, 0) is 4.79 Å². The van der Waals surface area contributed by atoms with E-state index in [2.05, 4.69) is 10.3 Å². The lowest BCUT2D eigenvalue weighted by atomic mass is 9.98. The second-order valence-corrected chi connectivity index (χ2v) is 5.49. The first kappa shape index (κ1) is 15.3. The largest absolute Gasteiger partial charge is 0.478 e. The van der Waals surface area contributed by atoms with Gasteiger partial charge in [0.25, 0.3) is 5.91 Å². The van der Waals surface area contributed by atoms with E-state index >= 15 is 0 Å². The van der Waals surface area contributed by atoms with Gasteiger partial charge >= 0.3 is 0 Å². The van der Waals surface area contributed by atoms with E-state index in [4.69, 9.17) is 4.74 Å². The van der Waals surface area contributed by atoms with Gasteiger partial charge in [0.2, 0.25) is 11.8 Å². The van der Waals surface area contributed by atoms with Gasteiger partial charge in [0.1, 0.15) is 5.69 Å². The van der Waals surface area contributed by atoms with E-state index < -0.39 is 0 Å². The van der Waals surface area contributed by atoms with Crippen molar-refractivity contribution in [1.82, 2.24) is 15.2 Å². The zero-order chi connectivity index (χ0) is 16.4. The summed E-state index contributed by atoms with van der Waals surface area (Å²) in [6.07, 6.45) is 0. The highest BCUT2D eigenvalue weighted by Gasteiger charge is 2.36. The fourth-order valence-electron chi connectivity index (χ4n) is 2.70. The molecule has 1 aliphatic rings. The minimum absolute atomic E-state index is 0.0319. The van der Waals surface area contributed by atoms with Crippen LogP contribution in [0.15, 0.2) is 30.3 Å². The molecule has 1 saturated heterocycles. The van der Waals surface area contributed by atoms with Gasteiger partial charge in [-0.15, -0.1) is 0 Å². The summed E-state index contributed by atoms with van der Waals surface area (Å²) in [7, 11) is 1.60. The molecule has 6 heteroatoms. The first-order valence-corrected chi connectivity index (χ1v) is 7.67. The summed E-state index contributed by atoms with van der Waals surface area (Å²) in [6, 6.07) is 9.45. The molecule has 1 fully saturated rings. The Bertz CT molecular complexity index is 754. The van der Waals surface area contributed by atoms with Gasteiger partial charge in [-0.25, -0.2) is 4.98 Å². The van der Waals surface area contributed by atoms with E-state index in [1.54, 1.807) is 18.0 Å². The Balaban J connectivity index is 1.85. The number of fused-ring (bicyclic) bond motifs is 1. The SMILES string of the molecule is CCOc1nc(C(=O)N2CC(C(=O)NC)C2)cc2ccccc12. The van der Waals surface area contributed by atoms with E-state index in [0.717, 1.165) is 10.8 Å². The molecule has 23 heavy (non-hydrogen) atoms. The van der Waals surface area contributed by atoms with Crippen LogP contribution in [0.3, 0.4) is 0 Å². The molecule has 3 rings (SSSR count). The normalized spacial score (nSPS) is 14.4. The molecular weight excluding hydrogens is 294 g/mol. The van der Waals surface area contributed by atoms with E-state index in [0.29, 0.717) is 31.3 Å². The minimum Gasteiger partial charge on any atom is -0.478 e. The summed E-state index contributed by atoms with van der Waals surface area (Å²) >= 11 is 0. The molecule has 0 atom stereocenters. The minimum atomic E-state index is -0.170. The predicted octanol–water partition coefficient (Wildman–Crippen LogP) is 1.45. The Morgan fingerprint density at radius 3 is 2.78 bits per heavy atom. The summed E-state index contributed by atoms with van der Waals surface area (Å²) in [5.41, 5.74) is 0.350. The van der Waals surface area contributed by atoms with Crippen molar-refractivity contribution in [3.63, 3.8) is 0 Å². The highest BCUT2D eigenvalue weighted by atomic mass is 16.5. The van der Waals surface area contributed by atoms with E-state index in [1.807, 2.05) is 31.2 Å². The summed E-state index contributed by atoms with van der Waals surface area (Å²) < 4.78 is 5.57. The van der Waals surface area contributed by atoms with Crippen LogP contribution in [-0.4, -0.2) is 48.4 Å². The number of hydrogen-bond donors (Lipinski definition) is 1. The molecule has 6 nitrogen and oxygen atoms in total. The van der Waals surface area contributed by atoms with Crippen LogP contribution >= 0.6 is 0 Å². The molecule has 0 radical (unpaired) electrons. The molecule has 2 amide bonds. The number of carbonyl (C=O) groups excluding carboxylic acids is 2. The highest BCUT2D eigenvalue weighted by Crippen LogP contribution is 2.26. The molecule has 2 heterocycles. The third kappa shape index (κ3) is 2.84. The number of benzene rings is 1. The van der Waals surface area contributed by atoms with E-state index in [1.165, 1.54) is 0 Å². The number of nitrogens with zero attached hydrogens (tertiary/aromatic N) is 2. The number of nitrogens with one attached hydrogen (secondary N) is 1. The summed E-state index contributed by atoms with van der Waals surface area (Å²) in [5, 5.41) is 4.40. The number of ether oxygens (including phenoxy) is 1. The first-order valence-electron chi connectivity index (χ1n) is 7.67. The van der Waals surface area contributed by atoms with Crippen LogP contribution in [0.1, 0.15) is 17.4 Å². The van der Waals surface area contributed by atoms with Crippen molar-refractivity contribution in [3.05, 3.63) is 36.0 Å². The quantitative estimate of drug-likeness (QED) is 0.927. The van der Waals surface area contributed by atoms with Crippen molar-refractivity contribution >= 4 is 22.6 Å². The molecule has 1 aromatic carbocycles.